The van der Waals surface area contributed by atoms with E-state index in [-0.39, 0.29) is 17.3 Å². The highest BCUT2D eigenvalue weighted by Crippen LogP contribution is 2.25. The second-order valence-electron chi connectivity index (χ2n) is 4.87. The lowest BCUT2D eigenvalue weighted by molar-refractivity contribution is -0.135. The van der Waals surface area contributed by atoms with Gasteiger partial charge in [0.05, 0.1) is 5.02 Å². The summed E-state index contributed by atoms with van der Waals surface area (Å²) >= 11 is 5.88. The minimum Gasteiger partial charge on any atom is -0.506 e. The van der Waals surface area contributed by atoms with Crippen molar-refractivity contribution in [3.63, 3.8) is 0 Å². The van der Waals surface area contributed by atoms with E-state index in [0.717, 1.165) is 16.8 Å². The lowest BCUT2D eigenvalue weighted by Crippen LogP contribution is -2.29. The molecule has 0 aliphatic carbocycles. The molecule has 0 saturated carbocycles. The Morgan fingerprint density at radius 3 is 2.43 bits per heavy atom. The van der Waals surface area contributed by atoms with Crippen LogP contribution in [0.1, 0.15) is 11.1 Å². The first kappa shape index (κ1) is 15.2. The van der Waals surface area contributed by atoms with Crippen molar-refractivity contribution in [2.45, 2.75) is 13.5 Å². The summed E-state index contributed by atoms with van der Waals surface area (Å²) in [7, 11) is 0. The first-order valence-electron chi connectivity index (χ1n) is 6.46. The number of aryl methyl sites for hydroxylation is 1. The quantitative estimate of drug-likeness (QED) is 0.888. The first-order chi connectivity index (χ1) is 9.95. The second-order valence-corrected chi connectivity index (χ2v) is 5.28. The molecular formula is C16H16ClNO3. The number of aliphatic carboxylic acids is 1. The lowest BCUT2D eigenvalue weighted by Gasteiger charge is -2.23. The predicted octanol–water partition coefficient (Wildman–Crippen LogP) is 3.45. The smallest absolute Gasteiger partial charge is 0.323 e. The Labute approximate surface area is 128 Å². The Morgan fingerprint density at radius 2 is 1.86 bits per heavy atom. The molecule has 0 unspecified atom stereocenters. The molecule has 4 nitrogen and oxygen atoms in total. The molecule has 0 aliphatic rings. The van der Waals surface area contributed by atoms with E-state index < -0.39 is 5.97 Å². The van der Waals surface area contributed by atoms with Crippen LogP contribution >= 0.6 is 11.6 Å². The normalized spacial score (nSPS) is 10.4. The van der Waals surface area contributed by atoms with Gasteiger partial charge in [0.2, 0.25) is 0 Å². The van der Waals surface area contributed by atoms with Gasteiger partial charge < -0.3 is 15.1 Å². The number of hydrogen-bond donors (Lipinski definition) is 2. The maximum atomic E-state index is 11.1. The zero-order valence-corrected chi connectivity index (χ0v) is 12.3. The molecule has 0 bridgehead atoms. The van der Waals surface area contributed by atoms with Crippen LogP contribution < -0.4 is 4.90 Å². The number of aromatic hydroxyl groups is 1. The topological polar surface area (TPSA) is 60.8 Å². The Kier molecular flexibility index (Phi) is 4.70. The number of phenolic OH excluding ortho intramolecular Hbond substituents is 1. The molecule has 5 heteroatoms. The summed E-state index contributed by atoms with van der Waals surface area (Å²) in [5.41, 5.74) is 2.77. The number of carboxylic acid groups (broad SMARTS) is 1. The summed E-state index contributed by atoms with van der Waals surface area (Å²) in [4.78, 5) is 12.8. The molecule has 0 atom stereocenters. The van der Waals surface area contributed by atoms with Crippen molar-refractivity contribution in [3.8, 4) is 5.75 Å². The van der Waals surface area contributed by atoms with Gasteiger partial charge in [-0.25, -0.2) is 0 Å². The maximum absolute atomic E-state index is 11.1. The molecule has 0 saturated heterocycles. The minimum absolute atomic E-state index is 0.0144. The molecule has 21 heavy (non-hydrogen) atoms. The van der Waals surface area contributed by atoms with Gasteiger partial charge in [0, 0.05) is 12.2 Å². The van der Waals surface area contributed by atoms with Gasteiger partial charge in [0.1, 0.15) is 12.3 Å². The number of phenols is 1. The first-order valence-corrected chi connectivity index (χ1v) is 6.84. The Bertz CT molecular complexity index is 640. The summed E-state index contributed by atoms with van der Waals surface area (Å²) in [6.45, 7) is 2.27. The summed E-state index contributed by atoms with van der Waals surface area (Å²) in [5, 5.41) is 18.8. The third kappa shape index (κ3) is 4.13. The molecule has 2 N–H and O–H groups in total. The number of halogens is 1. The number of nitrogens with zero attached hydrogens (tertiary/aromatic N) is 1. The van der Waals surface area contributed by atoms with Gasteiger partial charge in [-0.2, -0.15) is 0 Å². The molecule has 0 amide bonds. The SMILES string of the molecule is Cc1ccc(N(CC(=O)O)Cc2ccc(O)c(Cl)c2)cc1. The Balaban J connectivity index is 2.25. The van der Waals surface area contributed by atoms with Gasteiger partial charge >= 0.3 is 5.97 Å². The standard InChI is InChI=1S/C16H16ClNO3/c1-11-2-5-13(6-3-11)18(10-16(20)21)9-12-4-7-15(19)14(17)8-12/h2-8,19H,9-10H2,1H3,(H,20,21). The summed E-state index contributed by atoms with van der Waals surface area (Å²) in [5.74, 6) is -0.888. The van der Waals surface area contributed by atoms with Crippen molar-refractivity contribution in [3.05, 3.63) is 58.6 Å². The lowest BCUT2D eigenvalue weighted by atomic mass is 10.1. The van der Waals surface area contributed by atoms with Crippen LogP contribution in [0.15, 0.2) is 42.5 Å². The predicted molar refractivity (Wildman–Crippen MR) is 83.0 cm³/mol. The van der Waals surface area contributed by atoms with Gasteiger partial charge in [0.15, 0.2) is 0 Å². The van der Waals surface area contributed by atoms with Crippen LogP contribution in [0.5, 0.6) is 5.75 Å². The van der Waals surface area contributed by atoms with Crippen molar-refractivity contribution in [2.24, 2.45) is 0 Å². The molecular weight excluding hydrogens is 290 g/mol. The van der Waals surface area contributed by atoms with Gasteiger partial charge in [0.25, 0.3) is 0 Å². The Hall–Kier alpha value is -2.20. The second kappa shape index (κ2) is 6.50. The number of carbonyl (C=O) groups is 1. The van der Waals surface area contributed by atoms with E-state index in [2.05, 4.69) is 0 Å². The number of carboxylic acids is 1. The largest absolute Gasteiger partial charge is 0.506 e. The summed E-state index contributed by atoms with van der Waals surface area (Å²) in [6.07, 6.45) is 0. The van der Waals surface area contributed by atoms with E-state index in [1.807, 2.05) is 31.2 Å². The third-order valence-electron chi connectivity index (χ3n) is 3.11. The third-order valence-corrected chi connectivity index (χ3v) is 3.41. The van der Waals surface area contributed by atoms with Crippen LogP contribution in [0.3, 0.4) is 0 Å². The molecule has 0 aromatic heterocycles. The van der Waals surface area contributed by atoms with Crippen molar-refractivity contribution in [2.75, 3.05) is 11.4 Å². The highest BCUT2D eigenvalue weighted by Gasteiger charge is 2.12. The fourth-order valence-corrected chi connectivity index (χ4v) is 2.23. The molecule has 2 rings (SSSR count). The molecule has 0 aliphatic heterocycles. The highest BCUT2D eigenvalue weighted by molar-refractivity contribution is 6.32. The average molecular weight is 306 g/mol. The number of rotatable bonds is 5. The molecule has 0 fully saturated rings. The summed E-state index contributed by atoms with van der Waals surface area (Å²) < 4.78 is 0. The average Bonchev–Trinajstić information content (AvgIpc) is 2.42. The fraction of sp³-hybridized carbons (Fsp3) is 0.188. The van der Waals surface area contributed by atoms with Gasteiger partial charge in [-0.1, -0.05) is 35.4 Å². The minimum atomic E-state index is -0.902. The molecule has 0 radical (unpaired) electrons. The van der Waals surface area contributed by atoms with E-state index in [9.17, 15) is 9.90 Å². The van der Waals surface area contributed by atoms with Crippen molar-refractivity contribution < 1.29 is 15.0 Å². The van der Waals surface area contributed by atoms with Gasteiger partial charge in [-0.15, -0.1) is 0 Å². The fourth-order valence-electron chi connectivity index (χ4n) is 2.03. The van der Waals surface area contributed by atoms with Crippen LogP contribution in [-0.2, 0) is 11.3 Å². The van der Waals surface area contributed by atoms with Crippen LogP contribution in [-0.4, -0.2) is 22.7 Å². The number of anilines is 1. The van der Waals surface area contributed by atoms with Crippen molar-refractivity contribution in [1.82, 2.24) is 0 Å². The molecule has 2 aromatic rings. The van der Waals surface area contributed by atoms with Crippen molar-refractivity contribution in [1.29, 1.82) is 0 Å². The van der Waals surface area contributed by atoms with Crippen molar-refractivity contribution >= 4 is 23.3 Å². The van der Waals surface area contributed by atoms with E-state index in [0.29, 0.717) is 6.54 Å². The van der Waals surface area contributed by atoms with Gasteiger partial charge in [-0.3, -0.25) is 4.79 Å². The maximum Gasteiger partial charge on any atom is 0.323 e. The van der Waals surface area contributed by atoms with Crippen LogP contribution in [0.25, 0.3) is 0 Å². The number of benzene rings is 2. The highest BCUT2D eigenvalue weighted by atomic mass is 35.5. The van der Waals surface area contributed by atoms with Crippen LogP contribution in [0.2, 0.25) is 5.02 Å². The van der Waals surface area contributed by atoms with E-state index in [1.165, 1.54) is 6.07 Å². The van der Waals surface area contributed by atoms with E-state index in [1.54, 1.807) is 17.0 Å². The Morgan fingerprint density at radius 1 is 1.19 bits per heavy atom. The van der Waals surface area contributed by atoms with Crippen LogP contribution in [0, 0.1) is 6.92 Å². The van der Waals surface area contributed by atoms with E-state index in [4.69, 9.17) is 16.7 Å². The molecule has 110 valence electrons. The molecule has 0 spiro atoms. The van der Waals surface area contributed by atoms with E-state index >= 15 is 0 Å². The number of hydrogen-bond acceptors (Lipinski definition) is 3. The summed E-state index contributed by atoms with van der Waals surface area (Å²) in [6, 6.07) is 12.5. The van der Waals surface area contributed by atoms with Gasteiger partial charge in [-0.05, 0) is 36.8 Å². The molecule has 0 heterocycles. The monoisotopic (exact) mass is 305 g/mol. The zero-order chi connectivity index (χ0) is 15.4. The molecule has 2 aromatic carbocycles. The zero-order valence-electron chi connectivity index (χ0n) is 11.6. The van der Waals surface area contributed by atoms with Crippen LogP contribution in [0.4, 0.5) is 5.69 Å².